The van der Waals surface area contributed by atoms with Gasteiger partial charge in [-0.1, -0.05) is 17.3 Å². The summed E-state index contributed by atoms with van der Waals surface area (Å²) < 4.78 is 18.7. The smallest absolute Gasteiger partial charge is 0.227 e. The largest absolute Gasteiger partial charge is 0.339 e. The van der Waals surface area contributed by atoms with Gasteiger partial charge in [0.25, 0.3) is 0 Å². The third-order valence-electron chi connectivity index (χ3n) is 2.93. The minimum absolute atomic E-state index is 0.267. The highest BCUT2D eigenvalue weighted by Gasteiger charge is 2.10. The molecule has 20 heavy (non-hydrogen) atoms. The van der Waals surface area contributed by atoms with Gasteiger partial charge in [0.2, 0.25) is 11.7 Å². The van der Waals surface area contributed by atoms with Crippen LogP contribution in [0, 0.1) is 12.7 Å². The van der Waals surface area contributed by atoms with Gasteiger partial charge >= 0.3 is 0 Å². The topological polar surface area (TPSA) is 51.8 Å². The second-order valence-electron chi connectivity index (χ2n) is 4.40. The molecule has 102 valence electrons. The number of aromatic nitrogens is 3. The second kappa shape index (κ2) is 5.50. The molecule has 0 spiro atoms. The highest BCUT2D eigenvalue weighted by molar-refractivity contribution is 7.09. The molecule has 3 aromatic rings. The Bertz CT molecular complexity index is 709. The van der Waals surface area contributed by atoms with Crippen LogP contribution in [-0.4, -0.2) is 15.1 Å². The third kappa shape index (κ3) is 2.75. The minimum Gasteiger partial charge on any atom is -0.339 e. The zero-order valence-electron chi connectivity index (χ0n) is 10.8. The van der Waals surface area contributed by atoms with Crippen molar-refractivity contribution in [1.29, 1.82) is 0 Å². The Morgan fingerprint density at radius 3 is 2.95 bits per heavy atom. The van der Waals surface area contributed by atoms with Gasteiger partial charge < -0.3 is 4.52 Å². The van der Waals surface area contributed by atoms with Gasteiger partial charge in [0.15, 0.2) is 0 Å². The average molecular weight is 289 g/mol. The van der Waals surface area contributed by atoms with E-state index in [1.54, 1.807) is 36.6 Å². The molecule has 0 saturated carbocycles. The van der Waals surface area contributed by atoms with Crippen LogP contribution in [-0.2, 0) is 12.8 Å². The predicted molar refractivity (Wildman–Crippen MR) is 74.0 cm³/mol. The van der Waals surface area contributed by atoms with Gasteiger partial charge in [-0.05, 0) is 18.6 Å². The van der Waals surface area contributed by atoms with E-state index in [-0.39, 0.29) is 5.82 Å². The van der Waals surface area contributed by atoms with Gasteiger partial charge in [0.1, 0.15) is 5.82 Å². The van der Waals surface area contributed by atoms with Crippen molar-refractivity contribution < 1.29 is 8.91 Å². The van der Waals surface area contributed by atoms with E-state index in [9.17, 15) is 4.39 Å². The summed E-state index contributed by atoms with van der Waals surface area (Å²) in [6, 6.07) is 4.91. The third-order valence-corrected chi connectivity index (χ3v) is 3.77. The standard InChI is InChI=1S/C14H12FN3OS/c1-9-2-3-10(8-11(9)15)14-17-12(19-18-14)4-5-13-16-6-7-20-13/h2-3,6-8H,4-5H2,1H3. The van der Waals surface area contributed by atoms with E-state index in [4.69, 9.17) is 4.52 Å². The lowest BCUT2D eigenvalue weighted by molar-refractivity contribution is 0.379. The molecule has 0 radical (unpaired) electrons. The summed E-state index contributed by atoms with van der Waals surface area (Å²) in [7, 11) is 0. The first-order chi connectivity index (χ1) is 9.72. The molecule has 6 heteroatoms. The van der Waals surface area contributed by atoms with Crippen LogP contribution in [0.25, 0.3) is 11.4 Å². The predicted octanol–water partition coefficient (Wildman–Crippen LogP) is 3.43. The van der Waals surface area contributed by atoms with E-state index < -0.39 is 0 Å². The van der Waals surface area contributed by atoms with Crippen LogP contribution in [0.4, 0.5) is 4.39 Å². The maximum absolute atomic E-state index is 13.5. The molecule has 0 aliphatic carbocycles. The number of halogens is 1. The van der Waals surface area contributed by atoms with Crippen LogP contribution < -0.4 is 0 Å². The quantitative estimate of drug-likeness (QED) is 0.738. The van der Waals surface area contributed by atoms with Crippen LogP contribution in [0.15, 0.2) is 34.3 Å². The average Bonchev–Trinajstić information content (AvgIpc) is 3.10. The molecule has 0 aliphatic heterocycles. The van der Waals surface area contributed by atoms with E-state index in [0.717, 1.165) is 11.4 Å². The van der Waals surface area contributed by atoms with Crippen molar-refractivity contribution in [2.24, 2.45) is 0 Å². The molecule has 0 unspecified atom stereocenters. The summed E-state index contributed by atoms with van der Waals surface area (Å²) in [5.41, 5.74) is 1.22. The molecule has 1 aromatic carbocycles. The number of rotatable bonds is 4. The summed E-state index contributed by atoms with van der Waals surface area (Å²) in [6.45, 7) is 1.72. The van der Waals surface area contributed by atoms with Crippen LogP contribution in [0.1, 0.15) is 16.5 Å². The monoisotopic (exact) mass is 289 g/mol. The molecular weight excluding hydrogens is 277 g/mol. The zero-order chi connectivity index (χ0) is 13.9. The molecule has 0 atom stereocenters. The van der Waals surface area contributed by atoms with Crippen LogP contribution in [0.2, 0.25) is 0 Å². The fourth-order valence-corrected chi connectivity index (χ4v) is 2.42. The molecule has 2 heterocycles. The lowest BCUT2D eigenvalue weighted by atomic mass is 10.1. The number of benzene rings is 1. The van der Waals surface area contributed by atoms with Gasteiger partial charge in [-0.25, -0.2) is 9.37 Å². The summed E-state index contributed by atoms with van der Waals surface area (Å²) in [4.78, 5) is 8.48. The van der Waals surface area contributed by atoms with Gasteiger partial charge in [-0.2, -0.15) is 4.98 Å². The first kappa shape index (κ1) is 12.9. The number of hydrogen-bond acceptors (Lipinski definition) is 5. The van der Waals surface area contributed by atoms with E-state index in [2.05, 4.69) is 15.1 Å². The Labute approximate surface area is 119 Å². The van der Waals surface area contributed by atoms with Crippen molar-refractivity contribution in [1.82, 2.24) is 15.1 Å². The molecule has 0 fully saturated rings. The fraction of sp³-hybridized carbons (Fsp3) is 0.214. The molecule has 0 saturated heterocycles. The normalized spacial score (nSPS) is 10.9. The number of aryl methyl sites for hydroxylation is 3. The van der Waals surface area contributed by atoms with Crippen LogP contribution in [0.3, 0.4) is 0 Å². The van der Waals surface area contributed by atoms with E-state index in [1.807, 2.05) is 5.38 Å². The Hall–Kier alpha value is -2.08. The van der Waals surface area contributed by atoms with Crippen LogP contribution >= 0.6 is 11.3 Å². The fourth-order valence-electron chi connectivity index (χ4n) is 1.80. The van der Waals surface area contributed by atoms with Crippen molar-refractivity contribution in [2.75, 3.05) is 0 Å². The van der Waals surface area contributed by atoms with Crippen molar-refractivity contribution in [3.05, 3.63) is 52.1 Å². The highest BCUT2D eigenvalue weighted by Crippen LogP contribution is 2.19. The second-order valence-corrected chi connectivity index (χ2v) is 5.38. The minimum atomic E-state index is -0.267. The zero-order valence-corrected chi connectivity index (χ0v) is 11.7. The number of thiazole rings is 1. The Morgan fingerprint density at radius 2 is 2.20 bits per heavy atom. The van der Waals surface area contributed by atoms with E-state index in [1.165, 1.54) is 6.07 Å². The maximum Gasteiger partial charge on any atom is 0.227 e. The van der Waals surface area contributed by atoms with Crippen molar-refractivity contribution in [2.45, 2.75) is 19.8 Å². The molecule has 0 N–H and O–H groups in total. The molecule has 4 nitrogen and oxygen atoms in total. The molecule has 0 aliphatic rings. The summed E-state index contributed by atoms with van der Waals surface area (Å²) in [6.07, 6.45) is 3.17. The summed E-state index contributed by atoms with van der Waals surface area (Å²) in [5, 5.41) is 6.86. The SMILES string of the molecule is Cc1ccc(-c2noc(CCc3nccs3)n2)cc1F. The van der Waals surface area contributed by atoms with Gasteiger partial charge in [0.05, 0.1) is 5.01 Å². The molecule has 3 rings (SSSR count). The van der Waals surface area contributed by atoms with Gasteiger partial charge in [-0.15, -0.1) is 11.3 Å². The lowest BCUT2D eigenvalue weighted by Crippen LogP contribution is -1.91. The van der Waals surface area contributed by atoms with E-state index in [0.29, 0.717) is 29.3 Å². The molecular formula is C14H12FN3OS. The van der Waals surface area contributed by atoms with Crippen molar-refractivity contribution in [3.63, 3.8) is 0 Å². The van der Waals surface area contributed by atoms with Gasteiger partial charge in [0, 0.05) is 30.0 Å². The first-order valence-corrected chi connectivity index (χ1v) is 7.08. The van der Waals surface area contributed by atoms with Crippen LogP contribution in [0.5, 0.6) is 0 Å². The van der Waals surface area contributed by atoms with Crippen molar-refractivity contribution in [3.8, 4) is 11.4 Å². The summed E-state index contributed by atoms with van der Waals surface area (Å²) in [5.74, 6) is 0.686. The van der Waals surface area contributed by atoms with E-state index >= 15 is 0 Å². The Kier molecular flexibility index (Phi) is 3.56. The first-order valence-electron chi connectivity index (χ1n) is 6.20. The molecule has 0 amide bonds. The maximum atomic E-state index is 13.5. The van der Waals surface area contributed by atoms with Crippen molar-refractivity contribution >= 4 is 11.3 Å². The lowest BCUT2D eigenvalue weighted by Gasteiger charge is -1.97. The summed E-state index contributed by atoms with van der Waals surface area (Å²) >= 11 is 1.60. The number of nitrogens with zero attached hydrogens (tertiary/aromatic N) is 3. The molecule has 2 aromatic heterocycles. The van der Waals surface area contributed by atoms with Gasteiger partial charge in [-0.3, -0.25) is 0 Å². The molecule has 0 bridgehead atoms. The Balaban J connectivity index is 1.74. The Morgan fingerprint density at radius 1 is 1.30 bits per heavy atom. The highest BCUT2D eigenvalue weighted by atomic mass is 32.1. The number of hydrogen-bond donors (Lipinski definition) is 0.